The summed E-state index contributed by atoms with van der Waals surface area (Å²) in [5.74, 6) is 2.74. The predicted octanol–water partition coefficient (Wildman–Crippen LogP) is 2.92. The number of carbonyl (C=O) groups is 2. The highest BCUT2D eigenvalue weighted by molar-refractivity contribution is 6.83. The number of carbonyl (C=O) groups excluding carboxylic acids is 2. The Bertz CT molecular complexity index is 428. The van der Waals surface area contributed by atoms with E-state index in [0.29, 0.717) is 13.0 Å². The lowest BCUT2D eigenvalue weighted by atomic mass is 10.1. The van der Waals surface area contributed by atoms with Crippen LogP contribution in [0.25, 0.3) is 0 Å². The minimum Gasteiger partial charge on any atom is -0.465 e. The molecule has 1 aliphatic rings. The van der Waals surface area contributed by atoms with E-state index in [1.54, 1.807) is 0 Å². The molecule has 21 heavy (non-hydrogen) atoms. The zero-order chi connectivity index (χ0) is 15.9. The van der Waals surface area contributed by atoms with Crippen LogP contribution in [-0.4, -0.2) is 32.7 Å². The second kappa shape index (κ2) is 8.23. The zero-order valence-electron chi connectivity index (χ0n) is 13.5. The summed E-state index contributed by atoms with van der Waals surface area (Å²) in [6.45, 7) is 8.92. The molecule has 118 valence electrons. The lowest BCUT2D eigenvalue weighted by Gasteiger charge is -2.13. The maximum Gasteiger partial charge on any atom is 0.306 e. The number of esters is 2. The third-order valence-corrected chi connectivity index (χ3v) is 4.03. The smallest absolute Gasteiger partial charge is 0.306 e. The second-order valence-corrected chi connectivity index (χ2v) is 11.5. The van der Waals surface area contributed by atoms with E-state index in [4.69, 9.17) is 9.47 Å². The fraction of sp³-hybridized carbons (Fsp3) is 0.750. The van der Waals surface area contributed by atoms with Crippen molar-refractivity contribution in [2.75, 3.05) is 6.61 Å². The molecule has 0 amide bonds. The van der Waals surface area contributed by atoms with Gasteiger partial charge < -0.3 is 9.47 Å². The van der Waals surface area contributed by atoms with Gasteiger partial charge in [0.1, 0.15) is 8.07 Å². The lowest BCUT2D eigenvalue weighted by Crippen LogP contribution is -2.18. The van der Waals surface area contributed by atoms with E-state index in [1.807, 2.05) is 6.92 Å². The summed E-state index contributed by atoms with van der Waals surface area (Å²) in [5.41, 5.74) is 3.32. The molecular formula is C16H26O4Si. The van der Waals surface area contributed by atoms with Gasteiger partial charge in [-0.25, -0.2) is 0 Å². The van der Waals surface area contributed by atoms with E-state index in [9.17, 15) is 9.59 Å². The maximum atomic E-state index is 11.7. The monoisotopic (exact) mass is 310 g/mol. The molecule has 0 saturated carbocycles. The minimum absolute atomic E-state index is 0.0141. The molecule has 1 heterocycles. The Hall–Kier alpha value is -1.28. The molecular weight excluding hydrogens is 284 g/mol. The second-order valence-electron chi connectivity index (χ2n) is 6.70. The first-order valence-corrected chi connectivity index (χ1v) is 11.1. The van der Waals surface area contributed by atoms with Crippen LogP contribution < -0.4 is 0 Å². The summed E-state index contributed by atoms with van der Waals surface area (Å²) in [4.78, 5) is 22.7. The van der Waals surface area contributed by atoms with Crippen molar-refractivity contribution in [3.05, 3.63) is 0 Å². The van der Waals surface area contributed by atoms with Gasteiger partial charge in [0.25, 0.3) is 0 Å². The number of cyclic esters (lactones) is 1. The van der Waals surface area contributed by atoms with Gasteiger partial charge in [0, 0.05) is 12.3 Å². The van der Waals surface area contributed by atoms with E-state index in [-0.39, 0.29) is 30.4 Å². The van der Waals surface area contributed by atoms with Crippen LogP contribution in [0.1, 0.15) is 39.0 Å². The largest absolute Gasteiger partial charge is 0.465 e. The molecule has 5 heteroatoms. The van der Waals surface area contributed by atoms with Crippen LogP contribution in [0.5, 0.6) is 0 Å². The highest BCUT2D eigenvalue weighted by atomic mass is 28.3. The van der Waals surface area contributed by atoms with Gasteiger partial charge in [-0.1, -0.05) is 19.6 Å². The molecule has 0 aliphatic carbocycles. The van der Waals surface area contributed by atoms with E-state index in [2.05, 4.69) is 31.1 Å². The van der Waals surface area contributed by atoms with Gasteiger partial charge in [0.15, 0.2) is 0 Å². The average Bonchev–Trinajstić information content (AvgIpc) is 2.72. The van der Waals surface area contributed by atoms with Crippen LogP contribution in [0.2, 0.25) is 19.6 Å². The van der Waals surface area contributed by atoms with Crippen molar-refractivity contribution >= 4 is 20.0 Å². The molecule has 0 N–H and O–H groups in total. The normalized spacial score (nSPS) is 19.4. The van der Waals surface area contributed by atoms with Crippen molar-refractivity contribution < 1.29 is 19.1 Å². The molecule has 0 radical (unpaired) electrons. The van der Waals surface area contributed by atoms with Crippen molar-refractivity contribution in [2.24, 2.45) is 5.92 Å². The highest BCUT2D eigenvalue weighted by Crippen LogP contribution is 2.19. The Morgan fingerprint density at radius 2 is 2.19 bits per heavy atom. The first-order chi connectivity index (χ1) is 9.76. The number of ether oxygens (including phenoxy) is 2. The van der Waals surface area contributed by atoms with Crippen molar-refractivity contribution in [3.63, 3.8) is 0 Å². The van der Waals surface area contributed by atoms with Crippen molar-refractivity contribution in [1.29, 1.82) is 0 Å². The molecule has 0 aromatic carbocycles. The van der Waals surface area contributed by atoms with Crippen LogP contribution in [0.3, 0.4) is 0 Å². The first kappa shape index (κ1) is 17.8. The van der Waals surface area contributed by atoms with Crippen molar-refractivity contribution in [2.45, 2.75) is 64.8 Å². The summed E-state index contributed by atoms with van der Waals surface area (Å²) >= 11 is 0. The molecule has 0 spiro atoms. The quantitative estimate of drug-likeness (QED) is 0.328. The standard InChI is InChI=1S/C16H26O4Si/c1-13(8-6-5-7-9-21(2,3)4)20-16(18)11-14-10-15(17)19-12-14/h13-14H,5-6,8,10-12H2,1-4H3. The van der Waals surface area contributed by atoms with Gasteiger partial charge in [0.05, 0.1) is 25.6 Å². The lowest BCUT2D eigenvalue weighted by molar-refractivity contribution is -0.149. The summed E-state index contributed by atoms with van der Waals surface area (Å²) in [6, 6.07) is 0. The molecule has 1 aliphatic heterocycles. The van der Waals surface area contributed by atoms with E-state index >= 15 is 0 Å². The van der Waals surface area contributed by atoms with Crippen molar-refractivity contribution in [3.8, 4) is 11.5 Å². The van der Waals surface area contributed by atoms with Gasteiger partial charge in [0.2, 0.25) is 0 Å². The van der Waals surface area contributed by atoms with Gasteiger partial charge in [-0.3, -0.25) is 9.59 Å². The summed E-state index contributed by atoms with van der Waals surface area (Å²) in [7, 11) is -1.27. The Labute approximate surface area is 128 Å². The van der Waals surface area contributed by atoms with Gasteiger partial charge >= 0.3 is 11.9 Å². The van der Waals surface area contributed by atoms with Crippen LogP contribution >= 0.6 is 0 Å². The molecule has 2 unspecified atom stereocenters. The fourth-order valence-electron chi connectivity index (χ4n) is 2.07. The highest BCUT2D eigenvalue weighted by Gasteiger charge is 2.26. The van der Waals surface area contributed by atoms with Crippen LogP contribution in [0.4, 0.5) is 0 Å². The topological polar surface area (TPSA) is 52.6 Å². The molecule has 1 saturated heterocycles. The molecule has 0 bridgehead atoms. The third kappa shape index (κ3) is 8.56. The Balaban J connectivity index is 2.15. The Kier molecular flexibility index (Phi) is 6.96. The number of hydrogen-bond donors (Lipinski definition) is 0. The minimum atomic E-state index is -1.27. The van der Waals surface area contributed by atoms with Crippen molar-refractivity contribution in [1.82, 2.24) is 0 Å². The summed E-state index contributed by atoms with van der Waals surface area (Å²) in [6.07, 6.45) is 3.13. The molecule has 0 aromatic rings. The van der Waals surface area contributed by atoms with Gasteiger partial charge in [-0.05, 0) is 19.8 Å². The van der Waals surface area contributed by atoms with E-state index in [0.717, 1.165) is 19.3 Å². The summed E-state index contributed by atoms with van der Waals surface area (Å²) < 4.78 is 10.2. The predicted molar refractivity (Wildman–Crippen MR) is 84.2 cm³/mol. The molecule has 0 aromatic heterocycles. The Morgan fingerprint density at radius 3 is 2.76 bits per heavy atom. The van der Waals surface area contributed by atoms with Crippen LogP contribution in [-0.2, 0) is 19.1 Å². The first-order valence-electron chi connectivity index (χ1n) is 7.61. The fourth-order valence-corrected chi connectivity index (χ4v) is 2.72. The molecule has 4 nitrogen and oxygen atoms in total. The number of hydrogen-bond acceptors (Lipinski definition) is 4. The zero-order valence-corrected chi connectivity index (χ0v) is 14.5. The number of unbranched alkanes of at least 4 members (excludes halogenated alkanes) is 1. The molecule has 1 fully saturated rings. The van der Waals surface area contributed by atoms with Gasteiger partial charge in [-0.15, -0.1) is 11.5 Å². The maximum absolute atomic E-state index is 11.7. The van der Waals surface area contributed by atoms with Crippen LogP contribution in [0.15, 0.2) is 0 Å². The number of rotatable bonds is 6. The average molecular weight is 310 g/mol. The van der Waals surface area contributed by atoms with Gasteiger partial charge in [-0.2, -0.15) is 0 Å². The summed E-state index contributed by atoms with van der Waals surface area (Å²) in [5, 5.41) is 0. The molecule has 2 atom stereocenters. The molecule has 1 rings (SSSR count). The van der Waals surface area contributed by atoms with E-state index in [1.165, 1.54) is 0 Å². The third-order valence-electron chi connectivity index (χ3n) is 3.10. The Morgan fingerprint density at radius 1 is 1.48 bits per heavy atom. The SMILES string of the molecule is CC(CCCC#C[Si](C)(C)C)OC(=O)CC1COC(=O)C1. The van der Waals surface area contributed by atoms with E-state index < -0.39 is 8.07 Å². The van der Waals surface area contributed by atoms with Crippen LogP contribution in [0, 0.1) is 17.4 Å².